The second kappa shape index (κ2) is 7.76. The van der Waals surface area contributed by atoms with Gasteiger partial charge in [-0.15, -0.1) is 10.2 Å². The van der Waals surface area contributed by atoms with Crippen LogP contribution in [0.2, 0.25) is 5.02 Å². The SMILES string of the molecule is CC(C)C(C)(C#N)NC(=O)CSc1nnc(-c2ccccc2Cl)n1N. The summed E-state index contributed by atoms with van der Waals surface area (Å²) in [6, 6.07) is 9.30. The largest absolute Gasteiger partial charge is 0.337 e. The first kappa shape index (κ1) is 19.1. The fraction of sp³-hybridized carbons (Fsp3) is 0.375. The molecule has 0 aliphatic carbocycles. The van der Waals surface area contributed by atoms with Crippen LogP contribution < -0.4 is 11.2 Å². The normalized spacial score (nSPS) is 13.3. The number of nitrogen functional groups attached to an aromatic ring is 1. The zero-order valence-corrected chi connectivity index (χ0v) is 15.7. The molecule has 0 fully saturated rings. The van der Waals surface area contributed by atoms with Gasteiger partial charge >= 0.3 is 0 Å². The van der Waals surface area contributed by atoms with Gasteiger partial charge in [0.1, 0.15) is 5.54 Å². The van der Waals surface area contributed by atoms with Crippen molar-refractivity contribution < 1.29 is 4.79 Å². The molecule has 1 heterocycles. The Bertz CT molecular complexity index is 815. The molecule has 0 aliphatic heterocycles. The van der Waals surface area contributed by atoms with E-state index in [1.54, 1.807) is 19.1 Å². The lowest BCUT2D eigenvalue weighted by molar-refractivity contribution is -0.120. The summed E-state index contributed by atoms with van der Waals surface area (Å²) in [5.41, 5.74) is -0.260. The van der Waals surface area contributed by atoms with E-state index in [0.29, 0.717) is 21.6 Å². The number of aromatic nitrogens is 3. The number of thioether (sulfide) groups is 1. The molecule has 3 N–H and O–H groups in total. The lowest BCUT2D eigenvalue weighted by atomic mass is 9.90. The van der Waals surface area contributed by atoms with E-state index in [0.717, 1.165) is 11.8 Å². The van der Waals surface area contributed by atoms with Gasteiger partial charge in [-0.25, -0.2) is 4.68 Å². The van der Waals surface area contributed by atoms with E-state index in [9.17, 15) is 10.1 Å². The first-order valence-corrected chi connectivity index (χ1v) is 8.95. The molecule has 1 aromatic carbocycles. The van der Waals surface area contributed by atoms with Gasteiger partial charge in [0.25, 0.3) is 0 Å². The first-order valence-electron chi connectivity index (χ1n) is 7.59. The molecule has 0 radical (unpaired) electrons. The second-order valence-electron chi connectivity index (χ2n) is 5.96. The molecular weight excluding hydrogens is 360 g/mol. The number of benzene rings is 1. The van der Waals surface area contributed by atoms with Gasteiger partial charge in [0.05, 0.1) is 16.8 Å². The van der Waals surface area contributed by atoms with Crippen LogP contribution in [0, 0.1) is 17.2 Å². The molecule has 2 aromatic rings. The molecule has 0 bridgehead atoms. The summed E-state index contributed by atoms with van der Waals surface area (Å²) in [7, 11) is 0. The highest BCUT2D eigenvalue weighted by Gasteiger charge is 2.30. The van der Waals surface area contributed by atoms with Crippen molar-refractivity contribution in [3.8, 4) is 17.5 Å². The Morgan fingerprint density at radius 2 is 2.16 bits per heavy atom. The van der Waals surface area contributed by atoms with E-state index in [2.05, 4.69) is 21.6 Å². The Labute approximate surface area is 155 Å². The summed E-state index contributed by atoms with van der Waals surface area (Å²) >= 11 is 7.29. The molecule has 2 rings (SSSR count). The van der Waals surface area contributed by atoms with Crippen LogP contribution in [0.1, 0.15) is 20.8 Å². The number of nitrogens with two attached hydrogens (primary N) is 1. The molecule has 1 amide bonds. The van der Waals surface area contributed by atoms with Gasteiger partial charge in [0.15, 0.2) is 5.82 Å². The summed E-state index contributed by atoms with van der Waals surface area (Å²) in [5, 5.41) is 20.9. The highest BCUT2D eigenvalue weighted by molar-refractivity contribution is 7.99. The molecule has 0 saturated heterocycles. The highest BCUT2D eigenvalue weighted by atomic mass is 35.5. The van der Waals surface area contributed by atoms with Crippen molar-refractivity contribution in [3.05, 3.63) is 29.3 Å². The molecule has 25 heavy (non-hydrogen) atoms. The van der Waals surface area contributed by atoms with Crippen LogP contribution in [0.15, 0.2) is 29.4 Å². The fourth-order valence-corrected chi connectivity index (χ4v) is 2.84. The van der Waals surface area contributed by atoms with E-state index < -0.39 is 5.54 Å². The lowest BCUT2D eigenvalue weighted by Gasteiger charge is -2.27. The number of rotatable bonds is 6. The minimum atomic E-state index is -0.920. The number of nitrogens with zero attached hydrogens (tertiary/aromatic N) is 4. The smallest absolute Gasteiger partial charge is 0.231 e. The summed E-state index contributed by atoms with van der Waals surface area (Å²) in [5.74, 6) is 6.22. The van der Waals surface area contributed by atoms with Crippen molar-refractivity contribution in [2.45, 2.75) is 31.5 Å². The van der Waals surface area contributed by atoms with Gasteiger partial charge in [-0.1, -0.05) is 49.3 Å². The van der Waals surface area contributed by atoms with Crippen LogP contribution in [0.5, 0.6) is 0 Å². The average molecular weight is 379 g/mol. The number of hydrogen-bond acceptors (Lipinski definition) is 6. The summed E-state index contributed by atoms with van der Waals surface area (Å²) in [6.45, 7) is 5.45. The third kappa shape index (κ3) is 4.24. The summed E-state index contributed by atoms with van der Waals surface area (Å²) < 4.78 is 1.30. The van der Waals surface area contributed by atoms with E-state index in [4.69, 9.17) is 17.4 Å². The predicted octanol–water partition coefficient (Wildman–Crippen LogP) is 2.46. The number of hydrogen-bond donors (Lipinski definition) is 2. The molecule has 1 aromatic heterocycles. The number of amides is 1. The van der Waals surface area contributed by atoms with Gasteiger partial charge in [-0.2, -0.15) is 5.26 Å². The molecule has 9 heteroatoms. The average Bonchev–Trinajstić information content (AvgIpc) is 2.94. The number of nitrogens with one attached hydrogen (secondary N) is 1. The van der Waals surface area contributed by atoms with Crippen molar-refractivity contribution in [2.75, 3.05) is 11.6 Å². The first-order chi connectivity index (χ1) is 11.8. The molecular formula is C16H19ClN6OS. The van der Waals surface area contributed by atoms with Crippen molar-refractivity contribution in [1.29, 1.82) is 5.26 Å². The van der Waals surface area contributed by atoms with Gasteiger partial charge in [0.2, 0.25) is 11.1 Å². The minimum absolute atomic E-state index is 0.0172. The Hall–Kier alpha value is -2.24. The third-order valence-electron chi connectivity index (χ3n) is 3.90. The maximum absolute atomic E-state index is 12.1. The van der Waals surface area contributed by atoms with E-state index in [-0.39, 0.29) is 17.6 Å². The van der Waals surface area contributed by atoms with E-state index >= 15 is 0 Å². The minimum Gasteiger partial charge on any atom is -0.337 e. The Morgan fingerprint density at radius 3 is 2.76 bits per heavy atom. The lowest BCUT2D eigenvalue weighted by Crippen LogP contribution is -2.49. The molecule has 0 aliphatic rings. The zero-order valence-electron chi connectivity index (χ0n) is 14.2. The van der Waals surface area contributed by atoms with Gasteiger partial charge in [0, 0.05) is 5.56 Å². The fourth-order valence-electron chi connectivity index (χ4n) is 1.96. The standard InChI is InChI=1S/C16H19ClN6OS/c1-10(2)16(3,9-18)20-13(24)8-25-15-22-21-14(23(15)19)11-6-4-5-7-12(11)17/h4-7,10H,8,19H2,1-3H3,(H,20,24). The highest BCUT2D eigenvalue weighted by Crippen LogP contribution is 2.27. The predicted molar refractivity (Wildman–Crippen MR) is 98.3 cm³/mol. The Kier molecular flexibility index (Phi) is 5.93. The van der Waals surface area contributed by atoms with Crippen LogP contribution in [-0.4, -0.2) is 32.1 Å². The number of halogens is 1. The molecule has 1 unspecified atom stereocenters. The van der Waals surface area contributed by atoms with Gasteiger partial charge < -0.3 is 11.2 Å². The quantitative estimate of drug-likeness (QED) is 0.590. The molecule has 132 valence electrons. The van der Waals surface area contributed by atoms with Crippen molar-refractivity contribution in [1.82, 2.24) is 20.2 Å². The van der Waals surface area contributed by atoms with Gasteiger partial charge in [-0.05, 0) is 25.0 Å². The maximum Gasteiger partial charge on any atom is 0.231 e. The van der Waals surface area contributed by atoms with Crippen LogP contribution in [-0.2, 0) is 4.79 Å². The number of nitriles is 1. The van der Waals surface area contributed by atoms with Crippen molar-refractivity contribution >= 4 is 29.3 Å². The topological polar surface area (TPSA) is 110 Å². The molecule has 7 nitrogen and oxygen atoms in total. The van der Waals surface area contributed by atoms with Crippen LogP contribution in [0.25, 0.3) is 11.4 Å². The van der Waals surface area contributed by atoms with E-state index in [1.165, 1.54) is 4.68 Å². The van der Waals surface area contributed by atoms with Gasteiger partial charge in [-0.3, -0.25) is 4.79 Å². The molecule has 0 spiro atoms. The van der Waals surface area contributed by atoms with Crippen LogP contribution in [0.4, 0.5) is 0 Å². The maximum atomic E-state index is 12.1. The third-order valence-corrected chi connectivity index (χ3v) is 5.17. The Balaban J connectivity index is 2.07. The Morgan fingerprint density at radius 1 is 1.48 bits per heavy atom. The number of carbonyl (C=O) groups excluding carboxylic acids is 1. The van der Waals surface area contributed by atoms with Crippen LogP contribution >= 0.6 is 23.4 Å². The molecule has 0 saturated carbocycles. The summed E-state index contributed by atoms with van der Waals surface area (Å²) in [4.78, 5) is 12.1. The second-order valence-corrected chi connectivity index (χ2v) is 7.31. The van der Waals surface area contributed by atoms with Crippen molar-refractivity contribution in [2.24, 2.45) is 5.92 Å². The summed E-state index contributed by atoms with van der Waals surface area (Å²) in [6.07, 6.45) is 0. The molecule has 1 atom stereocenters. The zero-order chi connectivity index (χ0) is 18.6. The van der Waals surface area contributed by atoms with Crippen LogP contribution in [0.3, 0.4) is 0 Å². The van der Waals surface area contributed by atoms with Crippen molar-refractivity contribution in [3.63, 3.8) is 0 Å². The number of carbonyl (C=O) groups is 1. The van der Waals surface area contributed by atoms with E-state index in [1.807, 2.05) is 26.0 Å². The monoisotopic (exact) mass is 378 g/mol.